The molecule has 6 heteroatoms. The number of carbonyl (C=O) groups excluding carboxylic acids is 1. The van der Waals surface area contributed by atoms with E-state index in [-0.39, 0.29) is 0 Å². The predicted octanol–water partition coefficient (Wildman–Crippen LogP) is 5.03. The molecule has 29 heavy (non-hydrogen) atoms. The molecule has 0 spiro atoms. The van der Waals surface area contributed by atoms with Crippen molar-refractivity contribution in [3.63, 3.8) is 0 Å². The van der Waals surface area contributed by atoms with Crippen molar-refractivity contribution >= 4 is 29.6 Å². The maximum absolute atomic E-state index is 9.06. The highest BCUT2D eigenvalue weighted by molar-refractivity contribution is 6.31. The number of carbonyl (C=O) groups is 1. The maximum atomic E-state index is 9.06. The Kier molecular flexibility index (Phi) is 11.3. The van der Waals surface area contributed by atoms with Crippen LogP contribution >= 0.6 is 23.2 Å². The fourth-order valence-electron chi connectivity index (χ4n) is 2.26. The molecule has 0 saturated carbocycles. The lowest BCUT2D eigenvalue weighted by Gasteiger charge is -2.14. The van der Waals surface area contributed by atoms with Crippen LogP contribution in [0.5, 0.6) is 0 Å². The molecule has 0 saturated heterocycles. The number of nitrogens with zero attached hydrogens (tertiary/aromatic N) is 1. The van der Waals surface area contributed by atoms with Crippen LogP contribution in [0.2, 0.25) is 5.02 Å². The third kappa shape index (κ3) is 9.84. The van der Waals surface area contributed by atoms with Crippen molar-refractivity contribution in [1.29, 1.82) is 5.26 Å². The molecule has 0 aliphatic carbocycles. The summed E-state index contributed by atoms with van der Waals surface area (Å²) in [5.74, 6) is 0. The minimum Gasteiger partial charge on any atom is -0.383 e. The number of dihydropyridines is 1. The van der Waals surface area contributed by atoms with Gasteiger partial charge in [-0.3, -0.25) is 4.79 Å². The van der Waals surface area contributed by atoms with E-state index >= 15 is 0 Å². The van der Waals surface area contributed by atoms with Gasteiger partial charge in [0.2, 0.25) is 6.41 Å². The second-order valence-electron chi connectivity index (χ2n) is 6.32. The summed E-state index contributed by atoms with van der Waals surface area (Å²) in [5.41, 5.74) is 5.46. The van der Waals surface area contributed by atoms with Crippen molar-refractivity contribution in [1.82, 2.24) is 10.6 Å². The summed E-state index contributed by atoms with van der Waals surface area (Å²) in [6.07, 6.45) is 5.58. The smallest absolute Gasteiger partial charge is 0.206 e. The van der Waals surface area contributed by atoms with Crippen molar-refractivity contribution < 1.29 is 4.79 Å². The zero-order chi connectivity index (χ0) is 21.6. The van der Waals surface area contributed by atoms with E-state index in [4.69, 9.17) is 33.3 Å². The average Bonchev–Trinajstić information content (AvgIpc) is 2.72. The molecular formula is C23H25Cl2N3O. The lowest BCUT2D eigenvalue weighted by molar-refractivity contribution is -0.109. The van der Waals surface area contributed by atoms with E-state index in [9.17, 15) is 0 Å². The normalized spacial score (nSPS) is 11.7. The van der Waals surface area contributed by atoms with E-state index < -0.39 is 0 Å². The van der Waals surface area contributed by atoms with Gasteiger partial charge in [0.15, 0.2) is 0 Å². The first-order valence-electron chi connectivity index (χ1n) is 9.01. The molecule has 0 bridgehead atoms. The van der Waals surface area contributed by atoms with Crippen LogP contribution in [0.1, 0.15) is 22.3 Å². The summed E-state index contributed by atoms with van der Waals surface area (Å²) >= 11 is 11.6. The number of allylic oxidation sites excluding steroid dienone is 3. The van der Waals surface area contributed by atoms with Gasteiger partial charge in [-0.2, -0.15) is 5.26 Å². The largest absolute Gasteiger partial charge is 0.383 e. The van der Waals surface area contributed by atoms with Gasteiger partial charge in [-0.15, -0.1) is 0 Å². The summed E-state index contributed by atoms with van der Waals surface area (Å²) in [5, 5.41) is 15.4. The van der Waals surface area contributed by atoms with Crippen LogP contribution in [-0.2, 0) is 11.2 Å². The van der Waals surface area contributed by atoms with Crippen molar-refractivity contribution in [2.75, 3.05) is 13.6 Å². The highest BCUT2D eigenvalue weighted by Gasteiger charge is 2.03. The zero-order valence-electron chi connectivity index (χ0n) is 16.8. The minimum absolute atomic E-state index is 0.530. The van der Waals surface area contributed by atoms with Crippen LogP contribution < -0.4 is 10.6 Å². The molecule has 2 aromatic rings. The summed E-state index contributed by atoms with van der Waals surface area (Å²) in [6.45, 7) is 4.79. The first-order chi connectivity index (χ1) is 13.9. The Morgan fingerprint density at radius 2 is 1.72 bits per heavy atom. The number of hydrogen-bond donors (Lipinski definition) is 2. The van der Waals surface area contributed by atoms with Gasteiger partial charge in [0.05, 0.1) is 17.1 Å². The molecule has 0 fully saturated rings. The van der Waals surface area contributed by atoms with E-state index in [1.54, 1.807) is 19.2 Å². The molecule has 0 unspecified atom stereocenters. The molecule has 0 radical (unpaired) electrons. The fraction of sp³-hybridized carbons (Fsp3) is 0.217. The van der Waals surface area contributed by atoms with E-state index in [0.29, 0.717) is 17.0 Å². The summed E-state index contributed by atoms with van der Waals surface area (Å²) in [4.78, 5) is 9.06. The van der Waals surface area contributed by atoms with Crippen molar-refractivity contribution in [3.05, 3.63) is 92.6 Å². The zero-order valence-corrected chi connectivity index (χ0v) is 18.3. The predicted molar refractivity (Wildman–Crippen MR) is 121 cm³/mol. The number of benzene rings is 2. The second-order valence-corrected chi connectivity index (χ2v) is 7.22. The molecule has 1 aliphatic rings. The quantitative estimate of drug-likeness (QED) is 0.672. The van der Waals surface area contributed by atoms with Gasteiger partial charge in [0, 0.05) is 24.2 Å². The SMILES string of the molecule is CNC=O.Cc1ccc(C#N)c(Cl)c1.Cc1ccc(CC2=CC=C(Cl)CN2)cc1. The molecule has 0 atom stereocenters. The number of aryl methyl sites for hydroxylation is 2. The van der Waals surface area contributed by atoms with Crippen LogP contribution in [0.4, 0.5) is 0 Å². The lowest BCUT2D eigenvalue weighted by Crippen LogP contribution is -2.19. The van der Waals surface area contributed by atoms with E-state index in [1.807, 2.05) is 31.2 Å². The monoisotopic (exact) mass is 429 g/mol. The number of halogens is 2. The van der Waals surface area contributed by atoms with Crippen LogP contribution in [0.25, 0.3) is 0 Å². The number of nitrogens with one attached hydrogen (secondary N) is 2. The Balaban J connectivity index is 0.000000259. The van der Waals surface area contributed by atoms with E-state index in [0.717, 1.165) is 23.6 Å². The maximum Gasteiger partial charge on any atom is 0.206 e. The van der Waals surface area contributed by atoms with Crippen LogP contribution in [0.15, 0.2) is 65.3 Å². The summed E-state index contributed by atoms with van der Waals surface area (Å²) in [7, 11) is 1.56. The fourth-order valence-corrected chi connectivity index (χ4v) is 2.67. The summed E-state index contributed by atoms with van der Waals surface area (Å²) < 4.78 is 0. The average molecular weight is 430 g/mol. The standard InChI is InChI=1S/C13H14ClN.C8H6ClN.C2H5NO/c1-10-2-4-11(5-3-10)8-13-7-6-12(14)9-15-13;1-6-2-3-7(5-10)8(9)4-6;1-3-2-4/h2-7,15H,8-9H2,1H3;2-4H,1H3;2H,1H3,(H,3,4). The topological polar surface area (TPSA) is 64.9 Å². The Labute approximate surface area is 182 Å². The molecular weight excluding hydrogens is 405 g/mol. The third-order valence-corrected chi connectivity index (χ3v) is 4.40. The Morgan fingerprint density at radius 1 is 1.10 bits per heavy atom. The molecule has 152 valence electrons. The Hall–Kier alpha value is -2.74. The molecule has 0 aromatic heterocycles. The number of amides is 1. The first kappa shape index (κ1) is 24.3. The molecule has 3 rings (SSSR count). The Bertz CT molecular complexity index is 897. The van der Waals surface area contributed by atoms with Crippen molar-refractivity contribution in [2.45, 2.75) is 20.3 Å². The van der Waals surface area contributed by atoms with Crippen LogP contribution in [0, 0.1) is 25.2 Å². The van der Waals surface area contributed by atoms with Gasteiger partial charge in [-0.05, 0) is 49.3 Å². The summed E-state index contributed by atoms with van der Waals surface area (Å²) in [6, 6.07) is 16.0. The molecule has 4 nitrogen and oxygen atoms in total. The molecule has 2 N–H and O–H groups in total. The molecule has 1 aliphatic heterocycles. The highest BCUT2D eigenvalue weighted by Crippen LogP contribution is 2.16. The Morgan fingerprint density at radius 3 is 2.21 bits per heavy atom. The van der Waals surface area contributed by atoms with Gasteiger partial charge in [-0.25, -0.2) is 0 Å². The van der Waals surface area contributed by atoms with Gasteiger partial charge < -0.3 is 10.6 Å². The second kappa shape index (κ2) is 13.4. The number of rotatable bonds is 3. The van der Waals surface area contributed by atoms with Crippen molar-refractivity contribution in [2.24, 2.45) is 0 Å². The third-order valence-electron chi connectivity index (χ3n) is 3.83. The van der Waals surface area contributed by atoms with E-state index in [2.05, 4.69) is 41.8 Å². The van der Waals surface area contributed by atoms with Gasteiger partial charge >= 0.3 is 0 Å². The lowest BCUT2D eigenvalue weighted by atomic mass is 10.1. The van der Waals surface area contributed by atoms with Gasteiger partial charge in [-0.1, -0.05) is 59.1 Å². The van der Waals surface area contributed by atoms with Crippen molar-refractivity contribution in [3.8, 4) is 6.07 Å². The van der Waals surface area contributed by atoms with Crippen LogP contribution in [-0.4, -0.2) is 20.0 Å². The molecule has 1 amide bonds. The number of hydrogen-bond acceptors (Lipinski definition) is 3. The van der Waals surface area contributed by atoms with E-state index in [1.165, 1.54) is 16.8 Å². The number of nitriles is 1. The van der Waals surface area contributed by atoms with Gasteiger partial charge in [0.1, 0.15) is 6.07 Å². The highest BCUT2D eigenvalue weighted by atomic mass is 35.5. The molecule has 2 aromatic carbocycles. The van der Waals surface area contributed by atoms with Crippen LogP contribution in [0.3, 0.4) is 0 Å². The van der Waals surface area contributed by atoms with Gasteiger partial charge in [0.25, 0.3) is 0 Å². The first-order valence-corrected chi connectivity index (χ1v) is 9.77. The minimum atomic E-state index is 0.530. The molecule has 1 heterocycles.